The van der Waals surface area contributed by atoms with Crippen LogP contribution in [-0.4, -0.2) is 23.0 Å². The molecule has 0 amide bonds. The van der Waals surface area contributed by atoms with Crippen molar-refractivity contribution in [3.05, 3.63) is 29.1 Å². The summed E-state index contributed by atoms with van der Waals surface area (Å²) >= 11 is 0. The zero-order valence-electron chi connectivity index (χ0n) is 13.5. The Bertz CT molecular complexity index is 852. The first-order valence-corrected chi connectivity index (χ1v) is 7.99. The Balaban J connectivity index is 0.000000333. The van der Waals surface area contributed by atoms with Crippen LogP contribution in [0.15, 0.2) is 12.1 Å². The predicted octanol–water partition coefficient (Wildman–Crippen LogP) is 3.03. The molecule has 0 unspecified atom stereocenters. The van der Waals surface area contributed by atoms with Gasteiger partial charge in [-0.05, 0) is 37.1 Å². The van der Waals surface area contributed by atoms with E-state index in [9.17, 15) is 26.3 Å². The van der Waals surface area contributed by atoms with Crippen molar-refractivity contribution in [2.75, 3.05) is 0 Å². The number of hydrogen-bond donors (Lipinski definition) is 1. The fourth-order valence-electron chi connectivity index (χ4n) is 2.16. The lowest BCUT2D eigenvalue weighted by Gasteiger charge is -2.01. The van der Waals surface area contributed by atoms with E-state index in [2.05, 4.69) is 0 Å². The molecule has 0 saturated carbocycles. The Kier molecular flexibility index (Phi) is 5.50. The summed E-state index contributed by atoms with van der Waals surface area (Å²) in [5, 5.41) is 0. The second-order valence-corrected chi connectivity index (χ2v) is 6.70. The summed E-state index contributed by atoms with van der Waals surface area (Å²) in [4.78, 5) is 0. The number of aromatic nitrogens is 2. The Labute approximate surface area is 139 Å². The summed E-state index contributed by atoms with van der Waals surface area (Å²) in [6.45, 7) is 3.80. The molecule has 1 aromatic heterocycles. The third-order valence-electron chi connectivity index (χ3n) is 3.50. The minimum atomic E-state index is -5.84. The number of halogens is 6. The zero-order valence-corrected chi connectivity index (χ0v) is 14.3. The van der Waals surface area contributed by atoms with E-state index in [0.717, 1.165) is 11.1 Å². The molecule has 1 aromatic carbocycles. The highest BCUT2D eigenvalue weighted by Gasteiger charge is 2.45. The van der Waals surface area contributed by atoms with Crippen LogP contribution in [0.3, 0.4) is 0 Å². The molecule has 0 saturated heterocycles. The van der Waals surface area contributed by atoms with Gasteiger partial charge in [0.25, 0.3) is 0 Å². The highest BCUT2D eigenvalue weighted by Crippen LogP contribution is 2.30. The SMILES string of the molecule is Cc1cc2c(cc1C)[n+](C)c(C(F)(F)F)n2C.O=S(=O)(O)C(F)(F)F. The van der Waals surface area contributed by atoms with Gasteiger partial charge in [0.15, 0.2) is 11.0 Å². The number of imidazole rings is 1. The van der Waals surface area contributed by atoms with Crippen LogP contribution in [0.4, 0.5) is 26.3 Å². The Morgan fingerprint density at radius 2 is 1.44 bits per heavy atom. The zero-order chi connectivity index (χ0) is 20.0. The van der Waals surface area contributed by atoms with Gasteiger partial charge in [-0.25, -0.2) is 9.13 Å². The van der Waals surface area contributed by atoms with Crippen molar-refractivity contribution < 1.29 is 43.9 Å². The van der Waals surface area contributed by atoms with Crippen LogP contribution < -0.4 is 4.57 Å². The van der Waals surface area contributed by atoms with Crippen molar-refractivity contribution >= 4 is 21.2 Å². The van der Waals surface area contributed by atoms with E-state index in [-0.39, 0.29) is 0 Å². The quantitative estimate of drug-likeness (QED) is 0.324. The lowest BCUT2D eigenvalue weighted by molar-refractivity contribution is -0.667. The van der Waals surface area contributed by atoms with Gasteiger partial charge < -0.3 is 0 Å². The average molecular weight is 393 g/mol. The van der Waals surface area contributed by atoms with Gasteiger partial charge in [0.1, 0.15) is 0 Å². The van der Waals surface area contributed by atoms with Gasteiger partial charge in [-0.3, -0.25) is 4.55 Å². The highest BCUT2D eigenvalue weighted by molar-refractivity contribution is 7.86. The normalized spacial score (nSPS) is 12.9. The smallest absolute Gasteiger partial charge is 0.279 e. The maximum absolute atomic E-state index is 12.9. The molecule has 5 nitrogen and oxygen atoms in total. The van der Waals surface area contributed by atoms with Crippen LogP contribution >= 0.6 is 0 Å². The van der Waals surface area contributed by atoms with Crippen molar-refractivity contribution in [2.24, 2.45) is 14.1 Å². The maximum atomic E-state index is 12.9. The van der Waals surface area contributed by atoms with Crippen molar-refractivity contribution in [3.63, 3.8) is 0 Å². The van der Waals surface area contributed by atoms with Crippen LogP contribution in [0.25, 0.3) is 11.0 Å². The lowest BCUT2D eigenvalue weighted by Crippen LogP contribution is -2.37. The summed E-state index contributed by atoms with van der Waals surface area (Å²) in [5.74, 6) is -0.641. The molecule has 0 fully saturated rings. The third kappa shape index (κ3) is 4.42. The van der Waals surface area contributed by atoms with E-state index in [4.69, 9.17) is 13.0 Å². The minimum absolute atomic E-state index is 0.600. The van der Waals surface area contributed by atoms with Crippen LogP contribution in [0, 0.1) is 13.8 Å². The number of benzene rings is 1. The molecule has 0 atom stereocenters. The number of fused-ring (bicyclic) bond motifs is 1. The van der Waals surface area contributed by atoms with Crippen LogP contribution in [0.2, 0.25) is 0 Å². The van der Waals surface area contributed by atoms with Gasteiger partial charge in [-0.1, -0.05) is 0 Å². The van der Waals surface area contributed by atoms with E-state index in [1.54, 1.807) is 12.1 Å². The fourth-order valence-corrected chi connectivity index (χ4v) is 2.16. The van der Waals surface area contributed by atoms with Gasteiger partial charge in [0, 0.05) is 0 Å². The Morgan fingerprint density at radius 3 is 1.80 bits per heavy atom. The maximum Gasteiger partial charge on any atom is 0.522 e. The lowest BCUT2D eigenvalue weighted by atomic mass is 10.1. The largest absolute Gasteiger partial charge is 0.522 e. The van der Waals surface area contributed by atoms with Crippen LogP contribution in [-0.2, 0) is 30.4 Å². The average Bonchev–Trinajstić information content (AvgIpc) is 2.60. The van der Waals surface area contributed by atoms with E-state index >= 15 is 0 Å². The molecule has 12 heteroatoms. The molecule has 0 aliphatic carbocycles. The molecule has 142 valence electrons. The first kappa shape index (κ1) is 21.2. The molecule has 2 rings (SSSR count). The molecular weight excluding hydrogens is 378 g/mol. The fraction of sp³-hybridized carbons (Fsp3) is 0.462. The van der Waals surface area contributed by atoms with Gasteiger partial charge in [0.2, 0.25) is 0 Å². The molecule has 0 aliphatic rings. The molecule has 0 radical (unpaired) electrons. The van der Waals surface area contributed by atoms with Crippen molar-refractivity contribution in [3.8, 4) is 0 Å². The van der Waals surface area contributed by atoms with Crippen molar-refractivity contribution in [1.29, 1.82) is 0 Å². The molecule has 2 aromatic rings. The number of rotatable bonds is 0. The first-order valence-electron chi connectivity index (χ1n) is 6.55. The third-order valence-corrected chi connectivity index (χ3v) is 4.08. The Hall–Kier alpha value is -1.82. The van der Waals surface area contributed by atoms with Crippen LogP contribution in [0.1, 0.15) is 17.0 Å². The summed E-state index contributed by atoms with van der Waals surface area (Å²) in [6, 6.07) is 3.58. The summed E-state index contributed by atoms with van der Waals surface area (Å²) < 4.78 is 98.7. The topological polar surface area (TPSA) is 63.2 Å². The molecule has 1 heterocycles. The second-order valence-electron chi connectivity index (χ2n) is 5.29. The van der Waals surface area contributed by atoms with E-state index in [1.807, 2.05) is 13.8 Å². The summed E-state index contributed by atoms with van der Waals surface area (Å²) in [7, 11) is -2.95. The monoisotopic (exact) mass is 393 g/mol. The van der Waals surface area contributed by atoms with Gasteiger partial charge in [-0.15, -0.1) is 0 Å². The molecule has 25 heavy (non-hydrogen) atoms. The van der Waals surface area contributed by atoms with Crippen molar-refractivity contribution in [2.45, 2.75) is 25.5 Å². The minimum Gasteiger partial charge on any atom is -0.279 e. The first-order chi connectivity index (χ1) is 11.0. The van der Waals surface area contributed by atoms with Gasteiger partial charge in [-0.2, -0.15) is 34.8 Å². The summed E-state index contributed by atoms with van der Waals surface area (Å²) in [5.41, 5.74) is -2.35. The number of aryl methyl sites for hydroxylation is 4. The molecule has 1 N–H and O–H groups in total. The van der Waals surface area contributed by atoms with E-state index < -0.39 is 27.6 Å². The predicted molar refractivity (Wildman–Crippen MR) is 76.2 cm³/mol. The van der Waals surface area contributed by atoms with Gasteiger partial charge >= 0.3 is 27.6 Å². The summed E-state index contributed by atoms with van der Waals surface area (Å²) in [6.07, 6.45) is -4.34. The Morgan fingerprint density at radius 1 is 1.04 bits per heavy atom. The molecule has 0 spiro atoms. The van der Waals surface area contributed by atoms with Gasteiger partial charge in [0.05, 0.1) is 14.1 Å². The van der Waals surface area contributed by atoms with Crippen molar-refractivity contribution in [1.82, 2.24) is 4.57 Å². The number of nitrogens with zero attached hydrogens (tertiary/aromatic N) is 2. The standard InChI is InChI=1S/C12H14F3N2.CHF3O3S/c1-7-5-9-10(6-8(7)2)17(4)11(16(9)3)12(13,14)15;2-1(3,4)8(5,6)7/h5-6H,1-4H3;(H,5,6,7)/q+1;. The van der Waals surface area contributed by atoms with Crippen LogP contribution in [0.5, 0.6) is 0 Å². The second kappa shape index (κ2) is 6.48. The molecule has 0 aliphatic heterocycles. The molecular formula is C13H15F6N2O3S+. The molecule has 0 bridgehead atoms. The number of hydrogen-bond acceptors (Lipinski definition) is 2. The number of alkyl halides is 6. The van der Waals surface area contributed by atoms with E-state index in [0.29, 0.717) is 11.0 Å². The highest BCUT2D eigenvalue weighted by atomic mass is 32.2. The van der Waals surface area contributed by atoms with E-state index in [1.165, 1.54) is 23.2 Å².